The van der Waals surface area contributed by atoms with Crippen molar-refractivity contribution in [1.29, 1.82) is 0 Å². The zero-order valence-electron chi connectivity index (χ0n) is 15.5. The van der Waals surface area contributed by atoms with Crippen molar-refractivity contribution in [1.82, 2.24) is 19.8 Å². The normalized spacial score (nSPS) is 17.0. The van der Waals surface area contributed by atoms with Crippen LogP contribution in [0.1, 0.15) is 36.6 Å². The summed E-state index contributed by atoms with van der Waals surface area (Å²) >= 11 is 0. The molecule has 28 heavy (non-hydrogen) atoms. The number of para-hydroxylation sites is 1. The van der Waals surface area contributed by atoms with E-state index in [2.05, 4.69) is 15.5 Å². The predicted octanol–water partition coefficient (Wildman–Crippen LogP) is 2.52. The molecule has 3 N–H and O–H groups in total. The van der Waals surface area contributed by atoms with Crippen LogP contribution in [-0.2, 0) is 16.6 Å². The number of hydrogen-bond acceptors (Lipinski definition) is 5. The molecule has 2 aromatic carbocycles. The number of piperidine rings is 1. The zero-order valence-corrected chi connectivity index (χ0v) is 16.3. The van der Waals surface area contributed by atoms with Crippen LogP contribution in [0, 0.1) is 0 Å². The van der Waals surface area contributed by atoms with Crippen molar-refractivity contribution in [2.24, 2.45) is 0 Å². The highest BCUT2D eigenvalue weighted by Gasteiger charge is 2.25. The molecule has 1 aromatic heterocycles. The Labute approximate surface area is 164 Å². The molecule has 0 saturated carbocycles. The van der Waals surface area contributed by atoms with E-state index < -0.39 is 16.3 Å². The number of rotatable bonds is 6. The van der Waals surface area contributed by atoms with E-state index in [0.717, 1.165) is 41.3 Å². The van der Waals surface area contributed by atoms with Crippen LogP contribution in [0.25, 0.3) is 10.9 Å². The number of nitrogens with one attached hydrogen (secondary N) is 2. The van der Waals surface area contributed by atoms with Crippen molar-refractivity contribution in [2.45, 2.75) is 36.9 Å². The van der Waals surface area contributed by atoms with E-state index in [1.54, 1.807) is 34.8 Å². The molecule has 0 radical (unpaired) electrons. The molecular formula is C20H24N4O3S. The Morgan fingerprint density at radius 3 is 2.61 bits per heavy atom. The fourth-order valence-electron chi connectivity index (χ4n) is 3.58. The maximum absolute atomic E-state index is 12.7. The van der Waals surface area contributed by atoms with Crippen molar-refractivity contribution in [3.05, 3.63) is 59.8 Å². The summed E-state index contributed by atoms with van der Waals surface area (Å²) < 4.78 is 27.0. The van der Waals surface area contributed by atoms with Crippen LogP contribution in [0.3, 0.4) is 0 Å². The standard InChI is InChI=1S/C20H24N4O3S/c25-20(18-6-4-5-16-14-22-23-19(16)18)21-13-15-7-9-17(10-8-15)28(26,27)24-11-2-1-3-12-24/h4-10,14,20-21,25H,1-3,11-13H2,(H,22,23). The number of nitrogens with zero attached hydrogens (tertiary/aromatic N) is 2. The summed E-state index contributed by atoms with van der Waals surface area (Å²) in [6.45, 7) is 1.60. The number of hydrogen-bond donors (Lipinski definition) is 3. The summed E-state index contributed by atoms with van der Waals surface area (Å²) in [5.41, 5.74) is 2.41. The zero-order chi connectivity index (χ0) is 19.6. The Morgan fingerprint density at radius 2 is 1.86 bits per heavy atom. The van der Waals surface area contributed by atoms with Crippen molar-refractivity contribution in [2.75, 3.05) is 13.1 Å². The van der Waals surface area contributed by atoms with Crippen LogP contribution in [0.2, 0.25) is 0 Å². The fourth-order valence-corrected chi connectivity index (χ4v) is 5.09. The molecule has 1 aliphatic rings. The average molecular weight is 401 g/mol. The SMILES string of the molecule is O=S(=O)(c1ccc(CNC(O)c2cccc3cn[nH]c23)cc1)N1CCCCC1. The van der Waals surface area contributed by atoms with Crippen LogP contribution in [0.15, 0.2) is 53.6 Å². The fraction of sp³-hybridized carbons (Fsp3) is 0.350. The minimum atomic E-state index is -3.42. The largest absolute Gasteiger partial charge is 0.374 e. The number of sulfonamides is 1. The maximum atomic E-state index is 12.7. The second-order valence-corrected chi connectivity index (χ2v) is 9.01. The smallest absolute Gasteiger partial charge is 0.243 e. The number of aromatic amines is 1. The first-order chi connectivity index (χ1) is 13.6. The molecule has 1 atom stereocenters. The van der Waals surface area contributed by atoms with Gasteiger partial charge in [0.2, 0.25) is 10.0 Å². The van der Waals surface area contributed by atoms with Gasteiger partial charge in [-0.2, -0.15) is 9.40 Å². The van der Waals surface area contributed by atoms with Crippen molar-refractivity contribution in [3.63, 3.8) is 0 Å². The number of aliphatic hydroxyl groups excluding tert-OH is 1. The van der Waals surface area contributed by atoms with Gasteiger partial charge in [-0.1, -0.05) is 36.8 Å². The Balaban J connectivity index is 1.42. The van der Waals surface area contributed by atoms with Crippen LogP contribution in [-0.4, -0.2) is 41.1 Å². The molecule has 0 bridgehead atoms. The van der Waals surface area contributed by atoms with E-state index in [1.165, 1.54) is 0 Å². The quantitative estimate of drug-likeness (QED) is 0.552. The van der Waals surface area contributed by atoms with E-state index in [9.17, 15) is 13.5 Å². The highest BCUT2D eigenvalue weighted by atomic mass is 32.2. The molecule has 0 aliphatic carbocycles. The third-order valence-corrected chi connectivity index (χ3v) is 7.09. The predicted molar refractivity (Wildman–Crippen MR) is 107 cm³/mol. The summed E-state index contributed by atoms with van der Waals surface area (Å²) in [7, 11) is -3.42. The van der Waals surface area contributed by atoms with Gasteiger partial charge in [0.15, 0.2) is 0 Å². The second-order valence-electron chi connectivity index (χ2n) is 7.07. The van der Waals surface area contributed by atoms with Crippen LogP contribution in [0.5, 0.6) is 0 Å². The van der Waals surface area contributed by atoms with Crippen LogP contribution < -0.4 is 5.32 Å². The lowest BCUT2D eigenvalue weighted by Gasteiger charge is -2.25. The van der Waals surface area contributed by atoms with Gasteiger partial charge in [-0.3, -0.25) is 10.4 Å². The lowest BCUT2D eigenvalue weighted by atomic mass is 10.1. The molecule has 0 spiro atoms. The number of benzene rings is 2. The summed E-state index contributed by atoms with van der Waals surface area (Å²) in [4.78, 5) is 0.320. The summed E-state index contributed by atoms with van der Waals surface area (Å²) in [6, 6.07) is 12.5. The summed E-state index contributed by atoms with van der Waals surface area (Å²) in [5, 5.41) is 21.4. The lowest BCUT2D eigenvalue weighted by Crippen LogP contribution is -2.35. The molecule has 148 valence electrons. The molecular weight excluding hydrogens is 376 g/mol. The monoisotopic (exact) mass is 400 g/mol. The topological polar surface area (TPSA) is 98.3 Å². The first-order valence-electron chi connectivity index (χ1n) is 9.48. The maximum Gasteiger partial charge on any atom is 0.243 e. The van der Waals surface area contributed by atoms with Gasteiger partial charge < -0.3 is 5.11 Å². The van der Waals surface area contributed by atoms with E-state index in [0.29, 0.717) is 24.5 Å². The third-order valence-electron chi connectivity index (χ3n) is 5.18. The average Bonchev–Trinajstić information content (AvgIpc) is 3.22. The van der Waals surface area contributed by atoms with E-state index in [1.807, 2.05) is 18.2 Å². The minimum absolute atomic E-state index is 0.320. The van der Waals surface area contributed by atoms with Gasteiger partial charge in [0, 0.05) is 30.6 Å². The molecule has 4 rings (SSSR count). The van der Waals surface area contributed by atoms with Gasteiger partial charge in [-0.05, 0) is 30.5 Å². The van der Waals surface area contributed by atoms with Gasteiger partial charge in [0.1, 0.15) is 6.23 Å². The number of fused-ring (bicyclic) bond motifs is 1. The molecule has 1 saturated heterocycles. The lowest BCUT2D eigenvalue weighted by molar-refractivity contribution is 0.138. The Kier molecular flexibility index (Phi) is 5.45. The number of aliphatic hydroxyl groups is 1. The molecule has 1 aliphatic heterocycles. The van der Waals surface area contributed by atoms with Crippen LogP contribution in [0.4, 0.5) is 0 Å². The first-order valence-corrected chi connectivity index (χ1v) is 10.9. The molecule has 3 aromatic rings. The van der Waals surface area contributed by atoms with Gasteiger partial charge in [-0.15, -0.1) is 0 Å². The van der Waals surface area contributed by atoms with E-state index >= 15 is 0 Å². The molecule has 0 amide bonds. The Bertz CT molecular complexity index is 1040. The van der Waals surface area contributed by atoms with Crippen LogP contribution >= 0.6 is 0 Å². The molecule has 8 heteroatoms. The number of aromatic nitrogens is 2. The molecule has 2 heterocycles. The first kappa shape index (κ1) is 19.1. The summed E-state index contributed by atoms with van der Waals surface area (Å²) in [5.74, 6) is 0. The summed E-state index contributed by atoms with van der Waals surface area (Å²) in [6.07, 6.45) is 3.78. The highest BCUT2D eigenvalue weighted by Crippen LogP contribution is 2.22. The van der Waals surface area contributed by atoms with Gasteiger partial charge in [0.25, 0.3) is 0 Å². The van der Waals surface area contributed by atoms with E-state index in [-0.39, 0.29) is 0 Å². The molecule has 7 nitrogen and oxygen atoms in total. The van der Waals surface area contributed by atoms with Gasteiger partial charge >= 0.3 is 0 Å². The Hall–Kier alpha value is -2.26. The highest BCUT2D eigenvalue weighted by molar-refractivity contribution is 7.89. The van der Waals surface area contributed by atoms with Crippen molar-refractivity contribution in [3.8, 4) is 0 Å². The molecule has 1 fully saturated rings. The molecule has 1 unspecified atom stereocenters. The van der Waals surface area contributed by atoms with Gasteiger partial charge in [0.05, 0.1) is 16.6 Å². The van der Waals surface area contributed by atoms with Gasteiger partial charge in [-0.25, -0.2) is 8.42 Å². The second kappa shape index (κ2) is 8.00. The van der Waals surface area contributed by atoms with E-state index in [4.69, 9.17) is 0 Å². The third kappa shape index (κ3) is 3.81. The number of H-pyrrole nitrogens is 1. The minimum Gasteiger partial charge on any atom is -0.374 e. The Morgan fingerprint density at radius 1 is 1.11 bits per heavy atom. The van der Waals surface area contributed by atoms with Crippen molar-refractivity contribution < 1.29 is 13.5 Å². The van der Waals surface area contributed by atoms with Crippen molar-refractivity contribution >= 4 is 20.9 Å².